The molecule has 2 atom stereocenters. The van der Waals surface area contributed by atoms with Gasteiger partial charge in [0.2, 0.25) is 23.6 Å². The number of hydrogen-bond acceptors (Lipinski definition) is 6. The molecule has 0 aliphatic carbocycles. The van der Waals surface area contributed by atoms with Crippen molar-refractivity contribution in [2.75, 3.05) is 14.1 Å². The summed E-state index contributed by atoms with van der Waals surface area (Å²) in [5.74, 6) is -4.73. The first-order valence-electron chi connectivity index (χ1n) is 12.6. The highest BCUT2D eigenvalue weighted by molar-refractivity contribution is 6.20. The summed E-state index contributed by atoms with van der Waals surface area (Å²) in [6.45, 7) is -0.223. The molecule has 202 valence electrons. The predicted molar refractivity (Wildman–Crippen MR) is 142 cm³/mol. The Morgan fingerprint density at radius 1 is 0.500 bits per heavy atom. The third-order valence-electron chi connectivity index (χ3n) is 7.16. The maximum atomic E-state index is 13.3. The lowest BCUT2D eigenvalue weighted by molar-refractivity contribution is -0.146. The normalized spacial score (nSPS) is 20.1. The number of imide groups is 4. The largest absolute Gasteiger partial charge is 0.333 e. The first kappa shape index (κ1) is 26.5. The van der Waals surface area contributed by atoms with E-state index in [0.29, 0.717) is 22.3 Å². The lowest BCUT2D eigenvalue weighted by Gasteiger charge is -2.36. The second-order valence-electron chi connectivity index (χ2n) is 9.72. The third kappa shape index (κ3) is 4.64. The van der Waals surface area contributed by atoms with Gasteiger partial charge in [0.25, 0.3) is 0 Å². The summed E-state index contributed by atoms with van der Waals surface area (Å²) in [7, 11) is 2.68. The standard InChI is InChI=1S/C30H26N4O6/c1-31-25(35)23(21-12-5-3-6-13-21)27(37)33(29(31)39)17-19-10-9-11-20(16-19)18-34-28(38)24(22-14-7-4-8-15-22)26(36)32(2)30(34)40/h3-16,23-24H,17-18H2,1-2H3. The van der Waals surface area contributed by atoms with Crippen LogP contribution >= 0.6 is 0 Å². The molecule has 0 radical (unpaired) electrons. The van der Waals surface area contributed by atoms with Crippen LogP contribution in [0, 0.1) is 0 Å². The highest BCUT2D eigenvalue weighted by Crippen LogP contribution is 2.29. The van der Waals surface area contributed by atoms with Crippen LogP contribution in [0.1, 0.15) is 34.1 Å². The molecule has 0 bridgehead atoms. The molecular weight excluding hydrogens is 512 g/mol. The number of nitrogens with zero attached hydrogens (tertiary/aromatic N) is 4. The molecule has 10 heteroatoms. The van der Waals surface area contributed by atoms with E-state index in [4.69, 9.17) is 0 Å². The third-order valence-corrected chi connectivity index (χ3v) is 7.16. The van der Waals surface area contributed by atoms with Crippen molar-refractivity contribution in [1.82, 2.24) is 19.6 Å². The Labute approximate surface area is 230 Å². The molecule has 2 aliphatic heterocycles. The first-order chi connectivity index (χ1) is 19.2. The summed E-state index contributed by atoms with van der Waals surface area (Å²) in [5, 5.41) is 0. The Kier molecular flexibility index (Phi) is 7.00. The van der Waals surface area contributed by atoms with Crippen molar-refractivity contribution < 1.29 is 28.8 Å². The van der Waals surface area contributed by atoms with Gasteiger partial charge >= 0.3 is 12.1 Å². The molecule has 40 heavy (non-hydrogen) atoms. The molecule has 8 amide bonds. The molecule has 2 unspecified atom stereocenters. The van der Waals surface area contributed by atoms with Crippen LogP contribution in [0.2, 0.25) is 0 Å². The van der Waals surface area contributed by atoms with E-state index in [1.807, 2.05) is 0 Å². The van der Waals surface area contributed by atoms with Gasteiger partial charge in [0, 0.05) is 14.1 Å². The van der Waals surface area contributed by atoms with Gasteiger partial charge in [0.1, 0.15) is 11.8 Å². The number of urea groups is 2. The van der Waals surface area contributed by atoms with Crippen LogP contribution in [0.15, 0.2) is 84.9 Å². The molecule has 0 aromatic heterocycles. The quantitative estimate of drug-likeness (QED) is 0.446. The number of barbiturate groups is 2. The number of rotatable bonds is 6. The lowest BCUT2D eigenvalue weighted by atomic mass is 9.94. The van der Waals surface area contributed by atoms with Gasteiger partial charge < -0.3 is 0 Å². The Morgan fingerprint density at radius 2 is 0.875 bits per heavy atom. The molecule has 0 saturated carbocycles. The topological polar surface area (TPSA) is 115 Å². The van der Waals surface area contributed by atoms with Crippen LogP contribution in [0.3, 0.4) is 0 Å². The van der Waals surface area contributed by atoms with Crippen molar-refractivity contribution >= 4 is 35.7 Å². The van der Waals surface area contributed by atoms with E-state index in [9.17, 15) is 28.8 Å². The second kappa shape index (κ2) is 10.6. The Bertz CT molecular complexity index is 1410. The molecule has 5 rings (SSSR count). The van der Waals surface area contributed by atoms with E-state index in [1.165, 1.54) is 14.1 Å². The fraction of sp³-hybridized carbons (Fsp3) is 0.200. The van der Waals surface area contributed by atoms with Gasteiger partial charge in [-0.2, -0.15) is 0 Å². The molecule has 2 fully saturated rings. The zero-order valence-corrected chi connectivity index (χ0v) is 21.9. The van der Waals surface area contributed by atoms with E-state index in [1.54, 1.807) is 84.9 Å². The zero-order valence-electron chi connectivity index (χ0n) is 21.9. The summed E-state index contributed by atoms with van der Waals surface area (Å²) in [6, 6.07) is 22.4. The number of hydrogen-bond donors (Lipinski definition) is 0. The van der Waals surface area contributed by atoms with Gasteiger partial charge in [0.05, 0.1) is 13.1 Å². The van der Waals surface area contributed by atoms with E-state index in [-0.39, 0.29) is 13.1 Å². The summed E-state index contributed by atoms with van der Waals surface area (Å²) in [5.41, 5.74) is 2.11. The monoisotopic (exact) mass is 538 g/mol. The number of carbonyl (C=O) groups is 6. The molecule has 2 aliphatic rings. The van der Waals surface area contributed by atoms with Crippen molar-refractivity contribution in [1.29, 1.82) is 0 Å². The zero-order chi connectivity index (χ0) is 28.6. The number of benzene rings is 3. The fourth-order valence-corrected chi connectivity index (χ4v) is 4.99. The van der Waals surface area contributed by atoms with Gasteiger partial charge in [-0.1, -0.05) is 84.9 Å². The maximum absolute atomic E-state index is 13.3. The average Bonchev–Trinajstić information content (AvgIpc) is 2.97. The molecule has 2 saturated heterocycles. The minimum absolute atomic E-state index is 0.112. The molecule has 3 aromatic rings. The average molecular weight is 539 g/mol. The van der Waals surface area contributed by atoms with Crippen LogP contribution in [0.25, 0.3) is 0 Å². The molecule has 3 aromatic carbocycles. The van der Waals surface area contributed by atoms with Gasteiger partial charge in [-0.3, -0.25) is 38.8 Å². The van der Waals surface area contributed by atoms with Gasteiger partial charge in [-0.25, -0.2) is 9.59 Å². The highest BCUT2D eigenvalue weighted by atomic mass is 16.2. The number of amides is 8. The Hall–Kier alpha value is -5.12. The van der Waals surface area contributed by atoms with Crippen molar-refractivity contribution in [2.24, 2.45) is 0 Å². The second-order valence-corrected chi connectivity index (χ2v) is 9.72. The summed E-state index contributed by atoms with van der Waals surface area (Å²) >= 11 is 0. The number of likely N-dealkylation sites (N-methyl/N-ethyl adjacent to an activating group) is 2. The van der Waals surface area contributed by atoms with Crippen molar-refractivity contribution in [3.05, 3.63) is 107 Å². The molecule has 0 N–H and O–H groups in total. The molecular formula is C30H26N4O6. The van der Waals surface area contributed by atoms with Crippen molar-refractivity contribution in [3.63, 3.8) is 0 Å². The van der Waals surface area contributed by atoms with Crippen LogP contribution in [-0.2, 0) is 32.3 Å². The summed E-state index contributed by atoms with van der Waals surface area (Å²) < 4.78 is 0. The van der Waals surface area contributed by atoms with Crippen molar-refractivity contribution in [2.45, 2.75) is 24.9 Å². The van der Waals surface area contributed by atoms with Gasteiger partial charge in [-0.05, 0) is 22.3 Å². The fourth-order valence-electron chi connectivity index (χ4n) is 4.99. The van der Waals surface area contributed by atoms with Gasteiger partial charge in [-0.15, -0.1) is 0 Å². The molecule has 0 spiro atoms. The number of carbonyl (C=O) groups excluding carboxylic acids is 6. The van der Waals surface area contributed by atoms with Crippen LogP contribution < -0.4 is 0 Å². The van der Waals surface area contributed by atoms with Crippen LogP contribution in [0.4, 0.5) is 9.59 Å². The minimum Gasteiger partial charge on any atom is -0.273 e. The molecule has 2 heterocycles. The molecule has 10 nitrogen and oxygen atoms in total. The minimum atomic E-state index is -1.14. The van der Waals surface area contributed by atoms with E-state index in [0.717, 1.165) is 19.6 Å². The van der Waals surface area contributed by atoms with Gasteiger partial charge in [0.15, 0.2) is 0 Å². The maximum Gasteiger partial charge on any atom is 0.333 e. The lowest BCUT2D eigenvalue weighted by Crippen LogP contribution is -2.57. The SMILES string of the molecule is CN1C(=O)C(c2ccccc2)C(=O)N(Cc2cccc(CN3C(=O)C(c4ccccc4)C(=O)N(C)C3=O)c2)C1=O. The summed E-state index contributed by atoms with van der Waals surface area (Å²) in [4.78, 5) is 82.1. The smallest absolute Gasteiger partial charge is 0.273 e. The van der Waals surface area contributed by atoms with Crippen molar-refractivity contribution in [3.8, 4) is 0 Å². The Balaban J connectivity index is 1.39. The highest BCUT2D eigenvalue weighted by Gasteiger charge is 2.46. The van der Waals surface area contributed by atoms with Crippen LogP contribution in [-0.4, -0.2) is 69.4 Å². The first-order valence-corrected chi connectivity index (χ1v) is 12.6. The van der Waals surface area contributed by atoms with Crippen LogP contribution in [0.5, 0.6) is 0 Å². The Morgan fingerprint density at radius 3 is 1.25 bits per heavy atom. The van der Waals surface area contributed by atoms with E-state index < -0.39 is 47.5 Å². The van der Waals surface area contributed by atoms with E-state index >= 15 is 0 Å². The predicted octanol–water partition coefficient (Wildman–Crippen LogP) is 3.10. The summed E-state index contributed by atoms with van der Waals surface area (Å²) in [6.07, 6.45) is 0. The van der Waals surface area contributed by atoms with E-state index in [2.05, 4.69) is 0 Å².